The highest BCUT2D eigenvalue weighted by molar-refractivity contribution is 4.85. The summed E-state index contributed by atoms with van der Waals surface area (Å²) >= 11 is 0. The van der Waals surface area contributed by atoms with Crippen molar-refractivity contribution in [2.24, 2.45) is 17.8 Å². The topological polar surface area (TPSA) is 21.3 Å². The van der Waals surface area contributed by atoms with Gasteiger partial charge in [0.25, 0.3) is 0 Å². The van der Waals surface area contributed by atoms with Crippen molar-refractivity contribution in [2.75, 3.05) is 13.7 Å². The number of nitrogens with one attached hydrogen (secondary N) is 1. The molecule has 1 saturated heterocycles. The van der Waals surface area contributed by atoms with Crippen LogP contribution in [0.15, 0.2) is 0 Å². The third-order valence-electron chi connectivity index (χ3n) is 5.22. The average molecular weight is 253 g/mol. The summed E-state index contributed by atoms with van der Waals surface area (Å²) in [7, 11) is 2.14. The largest absolute Gasteiger partial charge is 0.378 e. The molecule has 0 aromatic rings. The lowest BCUT2D eigenvalue weighted by Gasteiger charge is -2.38. The lowest BCUT2D eigenvalue weighted by molar-refractivity contribution is 0.0864. The van der Waals surface area contributed by atoms with E-state index in [-0.39, 0.29) is 0 Å². The van der Waals surface area contributed by atoms with Crippen molar-refractivity contribution in [1.82, 2.24) is 5.32 Å². The van der Waals surface area contributed by atoms with E-state index in [0.717, 1.165) is 30.4 Å². The Hall–Kier alpha value is -0.0800. The summed E-state index contributed by atoms with van der Waals surface area (Å²) in [5.41, 5.74) is 0. The number of rotatable bonds is 5. The smallest absolute Gasteiger partial charge is 0.0576 e. The molecule has 2 heteroatoms. The van der Waals surface area contributed by atoms with E-state index in [9.17, 15) is 0 Å². The Bertz CT molecular complexity index is 235. The van der Waals surface area contributed by atoms with E-state index in [2.05, 4.69) is 26.2 Å². The Balaban J connectivity index is 1.81. The first-order valence-corrected chi connectivity index (χ1v) is 7.99. The van der Waals surface area contributed by atoms with E-state index < -0.39 is 0 Å². The van der Waals surface area contributed by atoms with Crippen LogP contribution in [0.25, 0.3) is 0 Å². The van der Waals surface area contributed by atoms with Crippen LogP contribution in [0.4, 0.5) is 0 Å². The molecule has 2 aliphatic rings. The van der Waals surface area contributed by atoms with Gasteiger partial charge in [-0.1, -0.05) is 13.8 Å². The van der Waals surface area contributed by atoms with Crippen LogP contribution < -0.4 is 5.32 Å². The molecule has 4 atom stereocenters. The Morgan fingerprint density at radius 3 is 2.61 bits per heavy atom. The highest BCUT2D eigenvalue weighted by Gasteiger charge is 2.31. The molecule has 1 N–H and O–H groups in total. The third-order valence-corrected chi connectivity index (χ3v) is 5.22. The number of ether oxygens (including phenoxy) is 1. The molecule has 0 aromatic heterocycles. The van der Waals surface area contributed by atoms with Gasteiger partial charge in [-0.25, -0.2) is 0 Å². The van der Waals surface area contributed by atoms with Gasteiger partial charge in [-0.05, 0) is 69.7 Å². The fourth-order valence-corrected chi connectivity index (χ4v) is 3.88. The zero-order valence-corrected chi connectivity index (χ0v) is 12.5. The molecule has 1 saturated carbocycles. The summed E-state index contributed by atoms with van der Waals surface area (Å²) in [4.78, 5) is 0. The zero-order valence-electron chi connectivity index (χ0n) is 12.5. The maximum Gasteiger partial charge on any atom is 0.0576 e. The predicted octanol–water partition coefficient (Wildman–Crippen LogP) is 3.61. The van der Waals surface area contributed by atoms with E-state index in [1.165, 1.54) is 44.9 Å². The predicted molar refractivity (Wildman–Crippen MR) is 76.7 cm³/mol. The molecule has 106 valence electrons. The van der Waals surface area contributed by atoms with Gasteiger partial charge in [0.15, 0.2) is 0 Å². The van der Waals surface area contributed by atoms with Crippen molar-refractivity contribution in [2.45, 2.75) is 70.9 Å². The van der Waals surface area contributed by atoms with Gasteiger partial charge in [-0.2, -0.15) is 0 Å². The van der Waals surface area contributed by atoms with Gasteiger partial charge in [0.1, 0.15) is 0 Å². The molecular formula is C16H31NO. The minimum Gasteiger partial charge on any atom is -0.378 e. The van der Waals surface area contributed by atoms with Crippen LogP contribution in [0.3, 0.4) is 0 Å². The van der Waals surface area contributed by atoms with Crippen molar-refractivity contribution in [3.63, 3.8) is 0 Å². The van der Waals surface area contributed by atoms with Crippen molar-refractivity contribution in [3.05, 3.63) is 0 Å². The van der Waals surface area contributed by atoms with E-state index in [1.807, 2.05) is 0 Å². The molecule has 2 rings (SSSR count). The molecule has 4 unspecified atom stereocenters. The Labute approximate surface area is 113 Å². The Kier molecular flexibility index (Phi) is 5.50. The van der Waals surface area contributed by atoms with Crippen LogP contribution in [-0.2, 0) is 4.74 Å². The molecule has 0 bridgehead atoms. The van der Waals surface area contributed by atoms with E-state index >= 15 is 0 Å². The quantitative estimate of drug-likeness (QED) is 0.808. The summed E-state index contributed by atoms with van der Waals surface area (Å²) in [6.07, 6.45) is 10.0. The zero-order chi connectivity index (χ0) is 13.0. The van der Waals surface area contributed by atoms with Crippen LogP contribution in [0, 0.1) is 17.8 Å². The standard InChI is InChI=1S/C16H31NO/c1-12(2)13-7-9-16(17-3)14(11-13)6-8-15-5-4-10-18-15/h12-17H,4-11H2,1-3H3. The van der Waals surface area contributed by atoms with E-state index in [0.29, 0.717) is 6.10 Å². The molecule has 1 heterocycles. The first-order valence-electron chi connectivity index (χ1n) is 7.99. The summed E-state index contributed by atoms with van der Waals surface area (Å²) in [6.45, 7) is 5.78. The molecule has 0 amide bonds. The van der Waals surface area contributed by atoms with Crippen molar-refractivity contribution < 1.29 is 4.74 Å². The maximum atomic E-state index is 5.77. The third kappa shape index (κ3) is 3.71. The Morgan fingerprint density at radius 1 is 1.17 bits per heavy atom. The van der Waals surface area contributed by atoms with Crippen LogP contribution in [0.1, 0.15) is 58.8 Å². The fraction of sp³-hybridized carbons (Fsp3) is 1.00. The lowest BCUT2D eigenvalue weighted by atomic mass is 9.72. The van der Waals surface area contributed by atoms with Crippen molar-refractivity contribution in [1.29, 1.82) is 0 Å². The molecule has 2 nitrogen and oxygen atoms in total. The second kappa shape index (κ2) is 6.91. The lowest BCUT2D eigenvalue weighted by Crippen LogP contribution is -2.40. The second-order valence-electron chi connectivity index (χ2n) is 6.68. The number of hydrogen-bond acceptors (Lipinski definition) is 2. The summed E-state index contributed by atoms with van der Waals surface area (Å²) in [6, 6.07) is 0.751. The molecule has 0 aromatic carbocycles. The van der Waals surface area contributed by atoms with Crippen LogP contribution >= 0.6 is 0 Å². The first kappa shape index (κ1) is 14.3. The molecular weight excluding hydrogens is 222 g/mol. The van der Waals surface area contributed by atoms with Crippen molar-refractivity contribution in [3.8, 4) is 0 Å². The fourth-order valence-electron chi connectivity index (χ4n) is 3.88. The maximum absolute atomic E-state index is 5.77. The highest BCUT2D eigenvalue weighted by atomic mass is 16.5. The van der Waals surface area contributed by atoms with E-state index in [1.54, 1.807) is 0 Å². The summed E-state index contributed by atoms with van der Waals surface area (Å²) in [5.74, 6) is 2.68. The minimum absolute atomic E-state index is 0.571. The van der Waals surface area contributed by atoms with Crippen molar-refractivity contribution >= 4 is 0 Å². The summed E-state index contributed by atoms with van der Waals surface area (Å²) < 4.78 is 5.77. The van der Waals surface area contributed by atoms with Gasteiger partial charge >= 0.3 is 0 Å². The SMILES string of the molecule is CNC1CCC(C(C)C)CC1CCC1CCCO1. The van der Waals surface area contributed by atoms with Gasteiger partial charge < -0.3 is 10.1 Å². The van der Waals surface area contributed by atoms with E-state index in [4.69, 9.17) is 4.74 Å². The van der Waals surface area contributed by atoms with Crippen LogP contribution in [0.2, 0.25) is 0 Å². The normalized spacial score (nSPS) is 37.3. The summed E-state index contributed by atoms with van der Waals surface area (Å²) in [5, 5.41) is 3.55. The van der Waals surface area contributed by atoms with Gasteiger partial charge in [0.05, 0.1) is 6.10 Å². The molecule has 0 spiro atoms. The highest BCUT2D eigenvalue weighted by Crippen LogP contribution is 2.36. The number of hydrogen-bond donors (Lipinski definition) is 1. The first-order chi connectivity index (χ1) is 8.70. The molecule has 2 fully saturated rings. The average Bonchev–Trinajstić information content (AvgIpc) is 2.89. The van der Waals surface area contributed by atoms with Crippen LogP contribution in [-0.4, -0.2) is 25.8 Å². The van der Waals surface area contributed by atoms with Gasteiger partial charge in [0.2, 0.25) is 0 Å². The van der Waals surface area contributed by atoms with Crippen LogP contribution in [0.5, 0.6) is 0 Å². The molecule has 0 radical (unpaired) electrons. The molecule has 1 aliphatic heterocycles. The van der Waals surface area contributed by atoms with Gasteiger partial charge in [-0.15, -0.1) is 0 Å². The minimum atomic E-state index is 0.571. The van der Waals surface area contributed by atoms with Gasteiger partial charge in [0, 0.05) is 12.6 Å². The van der Waals surface area contributed by atoms with Gasteiger partial charge in [-0.3, -0.25) is 0 Å². The molecule has 18 heavy (non-hydrogen) atoms. The Morgan fingerprint density at radius 2 is 2.00 bits per heavy atom. The molecule has 1 aliphatic carbocycles. The monoisotopic (exact) mass is 253 g/mol. The second-order valence-corrected chi connectivity index (χ2v) is 6.68.